The van der Waals surface area contributed by atoms with Crippen LogP contribution in [0.15, 0.2) is 42.5 Å². The number of fused-ring (bicyclic) bond motifs is 1. The van der Waals surface area contributed by atoms with E-state index in [1.165, 1.54) is 44.8 Å². The van der Waals surface area contributed by atoms with Gasteiger partial charge >= 0.3 is 5.97 Å². The van der Waals surface area contributed by atoms with E-state index < -0.39 is 11.9 Å². The van der Waals surface area contributed by atoms with E-state index in [2.05, 4.69) is 10.4 Å². The second kappa shape index (κ2) is 9.13. The van der Waals surface area contributed by atoms with E-state index in [1.807, 2.05) is 25.1 Å². The number of carbonyl (C=O) groups is 2. The van der Waals surface area contributed by atoms with E-state index in [4.69, 9.17) is 25.8 Å². The molecule has 0 atom stereocenters. The first kappa shape index (κ1) is 22.6. The van der Waals surface area contributed by atoms with Gasteiger partial charge < -0.3 is 19.5 Å². The molecule has 2 aromatic heterocycles. The van der Waals surface area contributed by atoms with Crippen LogP contribution in [0, 0.1) is 6.92 Å². The van der Waals surface area contributed by atoms with Crippen molar-refractivity contribution >= 4 is 50.7 Å². The van der Waals surface area contributed by atoms with Gasteiger partial charge in [0.05, 0.1) is 53.9 Å². The van der Waals surface area contributed by atoms with Crippen molar-refractivity contribution < 1.29 is 23.8 Å². The predicted molar refractivity (Wildman–Crippen MR) is 128 cm³/mol. The summed E-state index contributed by atoms with van der Waals surface area (Å²) in [6.07, 6.45) is 0. The molecule has 0 radical (unpaired) electrons. The van der Waals surface area contributed by atoms with Crippen molar-refractivity contribution in [3.63, 3.8) is 0 Å². The summed E-state index contributed by atoms with van der Waals surface area (Å²) in [4.78, 5) is 26.7. The van der Waals surface area contributed by atoms with E-state index in [0.29, 0.717) is 21.4 Å². The molecule has 0 aliphatic heterocycles. The van der Waals surface area contributed by atoms with Crippen LogP contribution in [-0.2, 0) is 4.74 Å². The number of ether oxygens (including phenoxy) is 3. The number of aromatic nitrogens is 2. The highest BCUT2D eigenvalue weighted by Crippen LogP contribution is 2.36. The summed E-state index contributed by atoms with van der Waals surface area (Å²) in [5.41, 5.74) is 1.87. The molecule has 0 saturated carbocycles. The van der Waals surface area contributed by atoms with Gasteiger partial charge in [0.25, 0.3) is 5.91 Å². The molecule has 4 rings (SSSR count). The fraction of sp³-hybridized carbons (Fsp3) is 0.174. The van der Waals surface area contributed by atoms with E-state index in [-0.39, 0.29) is 11.3 Å². The van der Waals surface area contributed by atoms with Crippen molar-refractivity contribution in [3.05, 3.63) is 63.6 Å². The van der Waals surface area contributed by atoms with E-state index in [1.54, 1.807) is 16.8 Å². The number of esters is 1. The van der Waals surface area contributed by atoms with Crippen LogP contribution >= 0.6 is 22.9 Å². The number of rotatable bonds is 6. The quantitative estimate of drug-likeness (QED) is 0.382. The minimum absolute atomic E-state index is 0.142. The van der Waals surface area contributed by atoms with E-state index in [0.717, 1.165) is 21.6 Å². The fourth-order valence-corrected chi connectivity index (χ4v) is 4.68. The minimum Gasteiger partial charge on any atom is -0.493 e. The summed E-state index contributed by atoms with van der Waals surface area (Å²) in [5.74, 6) is -0.304. The van der Waals surface area contributed by atoms with Crippen LogP contribution in [0.1, 0.15) is 25.7 Å². The van der Waals surface area contributed by atoms with Gasteiger partial charge in [-0.25, -0.2) is 9.48 Å². The average molecular weight is 486 g/mol. The van der Waals surface area contributed by atoms with Crippen molar-refractivity contribution in [3.8, 4) is 17.2 Å². The molecule has 10 heteroatoms. The highest BCUT2D eigenvalue weighted by molar-refractivity contribution is 7.20. The van der Waals surface area contributed by atoms with Gasteiger partial charge in [0.2, 0.25) is 0 Å². The zero-order valence-corrected chi connectivity index (χ0v) is 19.8. The van der Waals surface area contributed by atoms with Crippen LogP contribution in [0.25, 0.3) is 15.9 Å². The summed E-state index contributed by atoms with van der Waals surface area (Å²) in [6.45, 7) is 1.87. The van der Waals surface area contributed by atoms with Crippen LogP contribution in [0.4, 0.5) is 5.69 Å². The normalized spacial score (nSPS) is 10.8. The van der Waals surface area contributed by atoms with Crippen molar-refractivity contribution in [2.45, 2.75) is 6.92 Å². The first-order valence-corrected chi connectivity index (χ1v) is 11.0. The van der Waals surface area contributed by atoms with Gasteiger partial charge in [0.15, 0.2) is 11.5 Å². The first-order valence-electron chi connectivity index (χ1n) is 9.77. The Balaban J connectivity index is 1.74. The highest BCUT2D eigenvalue weighted by atomic mass is 35.5. The SMILES string of the molecule is COC(=O)c1cc(OC)c(OC)cc1NC(=O)c1cc2c(C)nn(-c3ccccc3Cl)c2s1. The number of benzene rings is 2. The molecule has 170 valence electrons. The number of para-hydroxylation sites is 1. The molecule has 1 N–H and O–H groups in total. The van der Waals surface area contributed by atoms with Crippen LogP contribution in [-0.4, -0.2) is 43.0 Å². The van der Waals surface area contributed by atoms with Gasteiger partial charge in [0, 0.05) is 17.5 Å². The molecule has 0 fully saturated rings. The largest absolute Gasteiger partial charge is 0.493 e. The summed E-state index contributed by atoms with van der Waals surface area (Å²) < 4.78 is 17.2. The number of methoxy groups -OCH3 is 3. The topological polar surface area (TPSA) is 91.7 Å². The molecule has 1 amide bonds. The highest BCUT2D eigenvalue weighted by Gasteiger charge is 2.22. The number of amides is 1. The number of thiophene rings is 1. The third-order valence-electron chi connectivity index (χ3n) is 5.03. The molecule has 0 unspecified atom stereocenters. The second-order valence-corrected chi connectivity index (χ2v) is 8.41. The lowest BCUT2D eigenvalue weighted by Crippen LogP contribution is -2.15. The Labute approximate surface area is 198 Å². The lowest BCUT2D eigenvalue weighted by atomic mass is 10.1. The molecule has 0 spiro atoms. The van der Waals surface area contributed by atoms with Gasteiger partial charge in [-0.15, -0.1) is 11.3 Å². The first-order chi connectivity index (χ1) is 15.9. The van der Waals surface area contributed by atoms with Crippen LogP contribution < -0.4 is 14.8 Å². The van der Waals surface area contributed by atoms with Gasteiger partial charge in [0.1, 0.15) is 4.83 Å². The predicted octanol–water partition coefficient (Wildman–Crippen LogP) is 5.10. The Morgan fingerprint density at radius 2 is 1.76 bits per heavy atom. The number of anilines is 1. The standard InChI is InChI=1S/C23H20ClN3O5S/c1-12-13-10-20(33-22(13)27(26-12)17-8-6-5-7-15(17)24)21(28)25-16-11-19(31-3)18(30-2)9-14(16)23(29)32-4/h5-11H,1-4H3,(H,25,28). The summed E-state index contributed by atoms with van der Waals surface area (Å²) in [7, 11) is 4.19. The number of hydrogen-bond acceptors (Lipinski definition) is 7. The lowest BCUT2D eigenvalue weighted by Gasteiger charge is -2.14. The summed E-state index contributed by atoms with van der Waals surface area (Å²) in [6, 6.07) is 12.1. The maximum absolute atomic E-state index is 13.1. The van der Waals surface area contributed by atoms with Crippen LogP contribution in [0.5, 0.6) is 11.5 Å². The second-order valence-electron chi connectivity index (χ2n) is 6.98. The number of nitrogens with one attached hydrogen (secondary N) is 1. The Bertz CT molecular complexity index is 1380. The Hall–Kier alpha value is -3.56. The third-order valence-corrected chi connectivity index (χ3v) is 6.46. The number of aryl methyl sites for hydroxylation is 1. The van der Waals surface area contributed by atoms with Crippen molar-refractivity contribution in [2.75, 3.05) is 26.6 Å². The minimum atomic E-state index is -0.618. The maximum atomic E-state index is 13.1. The monoisotopic (exact) mass is 485 g/mol. The van der Waals surface area contributed by atoms with Gasteiger partial charge in [-0.1, -0.05) is 23.7 Å². The molecule has 0 bridgehead atoms. The molecule has 0 aliphatic carbocycles. The Morgan fingerprint density at radius 1 is 1.06 bits per heavy atom. The Kier molecular flexibility index (Phi) is 6.26. The van der Waals surface area contributed by atoms with Crippen molar-refractivity contribution in [2.24, 2.45) is 0 Å². The molecular formula is C23H20ClN3O5S. The smallest absolute Gasteiger partial charge is 0.340 e. The number of halogens is 1. The molecular weight excluding hydrogens is 466 g/mol. The van der Waals surface area contributed by atoms with Gasteiger partial charge in [-0.2, -0.15) is 5.10 Å². The molecule has 8 nitrogen and oxygen atoms in total. The molecule has 0 aliphatic rings. The molecule has 2 heterocycles. The number of carbonyl (C=O) groups excluding carboxylic acids is 2. The third kappa shape index (κ3) is 4.12. The molecule has 4 aromatic rings. The summed E-state index contributed by atoms with van der Waals surface area (Å²) >= 11 is 7.63. The maximum Gasteiger partial charge on any atom is 0.340 e. The van der Waals surface area contributed by atoms with Crippen molar-refractivity contribution in [1.29, 1.82) is 0 Å². The Morgan fingerprint density at radius 3 is 2.42 bits per heavy atom. The fourth-order valence-electron chi connectivity index (χ4n) is 3.39. The van der Waals surface area contributed by atoms with E-state index in [9.17, 15) is 9.59 Å². The van der Waals surface area contributed by atoms with Crippen LogP contribution in [0.2, 0.25) is 5.02 Å². The average Bonchev–Trinajstić information content (AvgIpc) is 3.39. The van der Waals surface area contributed by atoms with Gasteiger partial charge in [-0.05, 0) is 25.1 Å². The number of nitrogens with zero attached hydrogens (tertiary/aromatic N) is 2. The lowest BCUT2D eigenvalue weighted by molar-refractivity contribution is 0.0601. The zero-order chi connectivity index (χ0) is 23.7. The van der Waals surface area contributed by atoms with E-state index >= 15 is 0 Å². The summed E-state index contributed by atoms with van der Waals surface area (Å²) in [5, 5.41) is 8.75. The van der Waals surface area contributed by atoms with Gasteiger partial charge in [-0.3, -0.25) is 4.79 Å². The van der Waals surface area contributed by atoms with Crippen molar-refractivity contribution in [1.82, 2.24) is 9.78 Å². The number of hydrogen-bond donors (Lipinski definition) is 1. The zero-order valence-electron chi connectivity index (χ0n) is 18.3. The molecule has 0 saturated heterocycles. The molecule has 2 aromatic carbocycles. The molecule has 33 heavy (non-hydrogen) atoms. The van der Waals surface area contributed by atoms with Crippen LogP contribution in [0.3, 0.4) is 0 Å².